The highest BCUT2D eigenvalue weighted by atomic mass is 16.6. The van der Waals surface area contributed by atoms with Gasteiger partial charge in [-0.1, -0.05) is 6.07 Å². The van der Waals surface area contributed by atoms with E-state index >= 15 is 0 Å². The van der Waals surface area contributed by atoms with E-state index < -0.39 is 11.2 Å². The number of aromatic nitrogens is 1. The fraction of sp³-hybridized carbons (Fsp3) is 0.667. The Morgan fingerprint density at radius 2 is 1.65 bits per heavy atom. The van der Waals surface area contributed by atoms with Crippen molar-refractivity contribution in [3.8, 4) is 0 Å². The SMILES string of the molecule is CN1CCC(Cc2ccc3c(c2)c2c(n3C(=O)OC(C)(C)C)CCC(N(C)C(=O)OC(C)(C)C)C2)CC1. The molecule has 1 amide bonds. The first-order valence-corrected chi connectivity index (χ1v) is 13.7. The molecule has 0 saturated carbocycles. The molecule has 1 fully saturated rings. The lowest BCUT2D eigenvalue weighted by molar-refractivity contribution is 0.0207. The van der Waals surface area contributed by atoms with Crippen molar-refractivity contribution < 1.29 is 19.1 Å². The number of carbonyl (C=O) groups excluding carboxylic acids is 2. The van der Waals surface area contributed by atoms with Crippen LogP contribution >= 0.6 is 0 Å². The third-order valence-electron chi connectivity index (χ3n) is 7.57. The van der Waals surface area contributed by atoms with Gasteiger partial charge < -0.3 is 19.3 Å². The molecule has 2 aliphatic rings. The summed E-state index contributed by atoms with van der Waals surface area (Å²) in [6.45, 7) is 13.7. The molecule has 204 valence electrons. The number of rotatable bonds is 3. The van der Waals surface area contributed by atoms with E-state index in [4.69, 9.17) is 9.47 Å². The molecule has 0 radical (unpaired) electrons. The molecule has 1 atom stereocenters. The number of likely N-dealkylation sites (tertiary alicyclic amines) is 1. The number of piperidine rings is 1. The maximum atomic E-state index is 13.4. The van der Waals surface area contributed by atoms with Crippen molar-refractivity contribution in [3.05, 3.63) is 35.0 Å². The van der Waals surface area contributed by atoms with Crippen LogP contribution in [0.25, 0.3) is 10.9 Å². The van der Waals surface area contributed by atoms with Gasteiger partial charge in [0.2, 0.25) is 0 Å². The number of nitrogens with zero attached hydrogens (tertiary/aromatic N) is 3. The van der Waals surface area contributed by atoms with Crippen LogP contribution in [0.1, 0.15) is 77.6 Å². The van der Waals surface area contributed by atoms with Crippen LogP contribution in [0.4, 0.5) is 9.59 Å². The molecule has 0 spiro atoms. The van der Waals surface area contributed by atoms with Gasteiger partial charge in [0.15, 0.2) is 0 Å². The maximum absolute atomic E-state index is 13.4. The Bertz CT molecular complexity index is 1150. The van der Waals surface area contributed by atoms with Crippen molar-refractivity contribution in [3.63, 3.8) is 0 Å². The molecule has 1 aliphatic carbocycles. The number of likely N-dealkylation sites (N-methyl/N-ethyl adjacent to an activating group) is 1. The van der Waals surface area contributed by atoms with E-state index in [-0.39, 0.29) is 18.2 Å². The Balaban J connectivity index is 1.68. The fourth-order valence-corrected chi connectivity index (χ4v) is 5.64. The second-order valence-corrected chi connectivity index (χ2v) is 13.0. The van der Waals surface area contributed by atoms with Gasteiger partial charge in [-0.3, -0.25) is 0 Å². The summed E-state index contributed by atoms with van der Waals surface area (Å²) in [5, 5.41) is 1.11. The van der Waals surface area contributed by atoms with E-state index in [1.165, 1.54) is 18.4 Å². The number of fused-ring (bicyclic) bond motifs is 3. The minimum Gasteiger partial charge on any atom is -0.444 e. The lowest BCUT2D eigenvalue weighted by Crippen LogP contribution is -2.43. The summed E-state index contributed by atoms with van der Waals surface area (Å²) in [7, 11) is 4.01. The summed E-state index contributed by atoms with van der Waals surface area (Å²) in [6, 6.07) is 6.56. The molecule has 37 heavy (non-hydrogen) atoms. The third kappa shape index (κ3) is 6.49. The molecule has 1 aromatic carbocycles. The van der Waals surface area contributed by atoms with Gasteiger partial charge in [-0.15, -0.1) is 0 Å². The van der Waals surface area contributed by atoms with Crippen LogP contribution in [0, 0.1) is 5.92 Å². The van der Waals surface area contributed by atoms with Gasteiger partial charge in [0.25, 0.3) is 0 Å². The van der Waals surface area contributed by atoms with Gasteiger partial charge in [-0.05, 0) is 129 Å². The van der Waals surface area contributed by atoms with Gasteiger partial charge >= 0.3 is 12.2 Å². The average Bonchev–Trinajstić information content (AvgIpc) is 3.11. The van der Waals surface area contributed by atoms with Gasteiger partial charge in [-0.2, -0.15) is 0 Å². The molecular weight excluding hydrogens is 466 g/mol. The largest absolute Gasteiger partial charge is 0.444 e. The zero-order valence-corrected chi connectivity index (χ0v) is 24.0. The summed E-state index contributed by atoms with van der Waals surface area (Å²) in [6.07, 6.45) is 5.01. The van der Waals surface area contributed by atoms with Crippen molar-refractivity contribution in [2.24, 2.45) is 5.92 Å². The first kappa shape index (κ1) is 27.5. The number of hydrogen-bond acceptors (Lipinski definition) is 5. The number of hydrogen-bond donors (Lipinski definition) is 0. The van der Waals surface area contributed by atoms with Crippen molar-refractivity contribution in [1.29, 1.82) is 0 Å². The molecule has 7 nitrogen and oxygen atoms in total. The van der Waals surface area contributed by atoms with Crippen LogP contribution < -0.4 is 0 Å². The number of ether oxygens (including phenoxy) is 2. The summed E-state index contributed by atoms with van der Waals surface area (Å²) >= 11 is 0. The number of carbonyl (C=O) groups is 2. The standard InChI is InChI=1S/C30H45N3O4/c1-29(2,3)36-27(34)32(8)22-10-12-26-24(19-22)23-18-21(17-20-13-15-31(7)16-14-20)9-11-25(23)33(26)28(35)37-30(4,5)6/h9,11,18,20,22H,10,12-17,19H2,1-8H3. The third-order valence-corrected chi connectivity index (χ3v) is 7.57. The summed E-state index contributed by atoms with van der Waals surface area (Å²) in [5.41, 5.74) is 3.25. The highest BCUT2D eigenvalue weighted by Crippen LogP contribution is 2.36. The smallest absolute Gasteiger partial charge is 0.419 e. The maximum Gasteiger partial charge on any atom is 0.419 e. The molecule has 1 aliphatic heterocycles. The molecule has 0 bridgehead atoms. The van der Waals surface area contributed by atoms with E-state index in [2.05, 4.69) is 30.1 Å². The molecule has 7 heteroatoms. The lowest BCUT2D eigenvalue weighted by atomic mass is 9.88. The van der Waals surface area contributed by atoms with E-state index in [0.717, 1.165) is 48.1 Å². The van der Waals surface area contributed by atoms with Crippen LogP contribution in [0.3, 0.4) is 0 Å². The lowest BCUT2D eigenvalue weighted by Gasteiger charge is -2.33. The van der Waals surface area contributed by atoms with Gasteiger partial charge in [0.1, 0.15) is 11.2 Å². The zero-order valence-electron chi connectivity index (χ0n) is 24.0. The monoisotopic (exact) mass is 511 g/mol. The van der Waals surface area contributed by atoms with E-state index in [0.29, 0.717) is 18.8 Å². The van der Waals surface area contributed by atoms with Crippen LogP contribution in [-0.2, 0) is 28.7 Å². The summed E-state index contributed by atoms with van der Waals surface area (Å²) in [4.78, 5) is 30.3. The van der Waals surface area contributed by atoms with E-state index in [1.54, 1.807) is 9.47 Å². The topological polar surface area (TPSA) is 64.0 Å². The van der Waals surface area contributed by atoms with Crippen LogP contribution in [0.5, 0.6) is 0 Å². The molecule has 1 unspecified atom stereocenters. The predicted molar refractivity (Wildman–Crippen MR) is 147 cm³/mol. The zero-order chi connectivity index (χ0) is 27.1. The molecule has 4 rings (SSSR count). The van der Waals surface area contributed by atoms with Crippen LogP contribution in [0.15, 0.2) is 18.2 Å². The van der Waals surface area contributed by atoms with Crippen molar-refractivity contribution in [2.45, 2.75) is 97.3 Å². The first-order chi connectivity index (χ1) is 17.2. The van der Waals surface area contributed by atoms with E-state index in [9.17, 15) is 9.59 Å². The molecular formula is C30H45N3O4. The minimum absolute atomic E-state index is 0.0116. The van der Waals surface area contributed by atoms with Crippen LogP contribution in [0.2, 0.25) is 0 Å². The first-order valence-electron chi connectivity index (χ1n) is 13.7. The molecule has 1 saturated heterocycles. The Morgan fingerprint density at radius 3 is 2.27 bits per heavy atom. The minimum atomic E-state index is -0.581. The molecule has 1 aromatic heterocycles. The van der Waals surface area contributed by atoms with Crippen molar-refractivity contribution >= 4 is 23.1 Å². The highest BCUT2D eigenvalue weighted by Gasteiger charge is 2.34. The average molecular weight is 512 g/mol. The molecule has 2 heterocycles. The number of amides is 1. The number of benzene rings is 1. The Labute approximate surface area is 222 Å². The quantitative estimate of drug-likeness (QED) is 0.503. The molecule has 0 N–H and O–H groups in total. The second kappa shape index (κ2) is 10.3. The predicted octanol–water partition coefficient (Wildman–Crippen LogP) is 6.03. The van der Waals surface area contributed by atoms with Gasteiger partial charge in [0.05, 0.1) is 5.52 Å². The Morgan fingerprint density at radius 1 is 1.00 bits per heavy atom. The van der Waals surface area contributed by atoms with Gasteiger partial charge in [-0.25, -0.2) is 14.2 Å². The Hall–Kier alpha value is -2.54. The van der Waals surface area contributed by atoms with Crippen LogP contribution in [-0.4, -0.2) is 71.0 Å². The highest BCUT2D eigenvalue weighted by molar-refractivity contribution is 5.94. The van der Waals surface area contributed by atoms with Gasteiger partial charge in [0, 0.05) is 24.2 Å². The second-order valence-electron chi connectivity index (χ2n) is 13.0. The fourth-order valence-electron chi connectivity index (χ4n) is 5.64. The Kier molecular flexibility index (Phi) is 7.67. The summed E-state index contributed by atoms with van der Waals surface area (Å²) < 4.78 is 13.2. The summed E-state index contributed by atoms with van der Waals surface area (Å²) in [5.74, 6) is 0.684. The van der Waals surface area contributed by atoms with Crippen molar-refractivity contribution in [2.75, 3.05) is 27.2 Å². The van der Waals surface area contributed by atoms with Crippen molar-refractivity contribution in [1.82, 2.24) is 14.4 Å². The molecule has 2 aromatic rings. The van der Waals surface area contributed by atoms with E-state index in [1.807, 2.05) is 48.6 Å². The normalized spacial score (nSPS) is 19.5.